The lowest BCUT2D eigenvalue weighted by Crippen LogP contribution is -2.34. The van der Waals surface area contributed by atoms with Crippen molar-refractivity contribution in [1.29, 1.82) is 0 Å². The predicted molar refractivity (Wildman–Crippen MR) is 99.3 cm³/mol. The first kappa shape index (κ1) is 17.1. The second-order valence-electron chi connectivity index (χ2n) is 7.88. The molecule has 0 bridgehead atoms. The number of carbonyl (C=O) groups is 1. The van der Waals surface area contributed by atoms with Crippen LogP contribution >= 0.6 is 11.8 Å². The molecule has 0 heterocycles. The molecule has 0 radical (unpaired) electrons. The van der Waals surface area contributed by atoms with Crippen molar-refractivity contribution < 1.29 is 9.90 Å². The van der Waals surface area contributed by atoms with E-state index in [0.29, 0.717) is 5.56 Å². The Balaban J connectivity index is 2.02. The van der Waals surface area contributed by atoms with E-state index in [0.717, 1.165) is 4.90 Å². The third kappa shape index (κ3) is 3.10. The van der Waals surface area contributed by atoms with Crippen LogP contribution in [-0.4, -0.2) is 11.1 Å². The number of rotatable bonds is 3. The van der Waals surface area contributed by atoms with Gasteiger partial charge in [-0.25, -0.2) is 4.79 Å². The van der Waals surface area contributed by atoms with Gasteiger partial charge in [0.2, 0.25) is 0 Å². The lowest BCUT2D eigenvalue weighted by Gasteiger charge is -2.42. The fraction of sp³-hybridized carbons (Fsp3) is 0.381. The minimum atomic E-state index is -0.883. The number of carboxylic acid groups (broad SMARTS) is 1. The van der Waals surface area contributed by atoms with Gasteiger partial charge in [0.25, 0.3) is 0 Å². The van der Waals surface area contributed by atoms with Crippen LogP contribution in [0.2, 0.25) is 0 Å². The van der Waals surface area contributed by atoms with Crippen molar-refractivity contribution in [3.8, 4) is 0 Å². The number of benzene rings is 2. The van der Waals surface area contributed by atoms with E-state index < -0.39 is 5.97 Å². The predicted octanol–water partition coefficient (Wildman–Crippen LogP) is 5.89. The summed E-state index contributed by atoms with van der Waals surface area (Å²) >= 11 is 1.73. The second kappa shape index (κ2) is 5.96. The summed E-state index contributed by atoms with van der Waals surface area (Å²) in [4.78, 5) is 13.4. The summed E-state index contributed by atoms with van der Waals surface area (Å²) in [6.45, 7) is 9.33. The highest BCUT2D eigenvalue weighted by molar-refractivity contribution is 7.99. The number of fused-ring (bicyclic) bond motifs is 1. The van der Waals surface area contributed by atoms with Crippen molar-refractivity contribution in [2.45, 2.75) is 61.2 Å². The van der Waals surface area contributed by atoms with Gasteiger partial charge in [-0.1, -0.05) is 51.6 Å². The van der Waals surface area contributed by atoms with E-state index in [1.54, 1.807) is 23.9 Å². The Morgan fingerprint density at radius 2 is 1.58 bits per heavy atom. The molecule has 24 heavy (non-hydrogen) atoms. The smallest absolute Gasteiger partial charge is 0.335 e. The first-order valence-electron chi connectivity index (χ1n) is 8.36. The summed E-state index contributed by atoms with van der Waals surface area (Å²) in [5.74, 6) is -0.883. The fourth-order valence-corrected chi connectivity index (χ4v) is 4.72. The third-order valence-corrected chi connectivity index (χ3v) is 6.20. The highest BCUT2D eigenvalue weighted by atomic mass is 32.2. The average molecular weight is 340 g/mol. The van der Waals surface area contributed by atoms with Crippen LogP contribution < -0.4 is 0 Å². The molecule has 2 aromatic rings. The van der Waals surface area contributed by atoms with Crippen LogP contribution in [0.5, 0.6) is 0 Å². The SMILES string of the molecule is CC1(C)CCC(C)(C)c2c(Sc3ccc(C(=O)O)cc3)cccc21. The molecule has 3 rings (SSSR count). The number of hydrogen-bond donors (Lipinski definition) is 1. The zero-order valence-corrected chi connectivity index (χ0v) is 15.5. The summed E-state index contributed by atoms with van der Waals surface area (Å²) in [5.41, 5.74) is 3.60. The summed E-state index contributed by atoms with van der Waals surface area (Å²) in [7, 11) is 0. The molecule has 3 heteroatoms. The Morgan fingerprint density at radius 1 is 0.958 bits per heavy atom. The van der Waals surface area contributed by atoms with Crippen molar-refractivity contribution in [3.63, 3.8) is 0 Å². The Kier molecular flexibility index (Phi) is 4.25. The van der Waals surface area contributed by atoms with Gasteiger partial charge in [0.05, 0.1) is 5.56 Å². The van der Waals surface area contributed by atoms with Crippen molar-refractivity contribution in [1.82, 2.24) is 0 Å². The molecule has 0 amide bonds. The quantitative estimate of drug-likeness (QED) is 0.757. The molecular formula is C21H24O2S. The van der Waals surface area contributed by atoms with Crippen LogP contribution in [0.4, 0.5) is 0 Å². The van der Waals surface area contributed by atoms with Crippen LogP contribution in [-0.2, 0) is 10.8 Å². The highest BCUT2D eigenvalue weighted by Crippen LogP contribution is 2.49. The molecule has 1 aliphatic carbocycles. The first-order valence-corrected chi connectivity index (χ1v) is 9.17. The summed E-state index contributed by atoms with van der Waals surface area (Å²) in [6, 6.07) is 13.8. The van der Waals surface area contributed by atoms with Gasteiger partial charge in [0.1, 0.15) is 0 Å². The van der Waals surface area contributed by atoms with E-state index in [-0.39, 0.29) is 10.8 Å². The standard InChI is InChI=1S/C21H24O2S/c1-20(2)12-13-21(3,4)18-16(20)6-5-7-17(18)24-15-10-8-14(9-11-15)19(22)23/h5-11H,12-13H2,1-4H3,(H,22,23). The molecule has 0 spiro atoms. The Labute approximate surface area is 148 Å². The van der Waals surface area contributed by atoms with Crippen LogP contribution in [0.3, 0.4) is 0 Å². The van der Waals surface area contributed by atoms with E-state index in [2.05, 4.69) is 45.9 Å². The number of aromatic carboxylic acids is 1. The zero-order chi connectivity index (χ0) is 17.5. The third-order valence-electron chi connectivity index (χ3n) is 5.14. The molecule has 1 aliphatic rings. The van der Waals surface area contributed by atoms with Gasteiger partial charge in [-0.2, -0.15) is 0 Å². The lowest BCUT2D eigenvalue weighted by molar-refractivity contribution is 0.0697. The Hall–Kier alpha value is -1.74. The largest absolute Gasteiger partial charge is 0.478 e. The molecule has 0 fully saturated rings. The number of carboxylic acids is 1. The van der Waals surface area contributed by atoms with Crippen LogP contribution in [0.25, 0.3) is 0 Å². The second-order valence-corrected chi connectivity index (χ2v) is 8.99. The Morgan fingerprint density at radius 3 is 2.21 bits per heavy atom. The molecule has 0 saturated carbocycles. The van der Waals surface area contributed by atoms with Crippen molar-refractivity contribution >= 4 is 17.7 Å². The maximum Gasteiger partial charge on any atom is 0.335 e. The molecule has 2 nitrogen and oxygen atoms in total. The minimum absolute atomic E-state index is 0.162. The van der Waals surface area contributed by atoms with Gasteiger partial charge < -0.3 is 5.11 Å². The first-order chi connectivity index (χ1) is 11.2. The molecule has 0 atom stereocenters. The normalized spacial score (nSPS) is 18.0. The fourth-order valence-electron chi connectivity index (χ4n) is 3.56. The summed E-state index contributed by atoms with van der Waals surface area (Å²) in [5, 5.41) is 9.04. The van der Waals surface area contributed by atoms with E-state index in [4.69, 9.17) is 5.11 Å². The average Bonchev–Trinajstić information content (AvgIpc) is 2.52. The number of hydrogen-bond acceptors (Lipinski definition) is 2. The highest BCUT2D eigenvalue weighted by Gasteiger charge is 2.38. The van der Waals surface area contributed by atoms with Crippen molar-refractivity contribution in [2.24, 2.45) is 0 Å². The van der Waals surface area contributed by atoms with Crippen LogP contribution in [0, 0.1) is 0 Å². The van der Waals surface area contributed by atoms with Crippen molar-refractivity contribution in [3.05, 3.63) is 59.2 Å². The van der Waals surface area contributed by atoms with Gasteiger partial charge in [-0.3, -0.25) is 0 Å². The maximum absolute atomic E-state index is 11.0. The molecule has 126 valence electrons. The minimum Gasteiger partial charge on any atom is -0.478 e. The summed E-state index contributed by atoms with van der Waals surface area (Å²) in [6.07, 6.45) is 2.39. The van der Waals surface area contributed by atoms with Gasteiger partial charge in [0.15, 0.2) is 0 Å². The van der Waals surface area contributed by atoms with E-state index >= 15 is 0 Å². The van der Waals surface area contributed by atoms with Crippen molar-refractivity contribution in [2.75, 3.05) is 0 Å². The molecule has 1 N–H and O–H groups in total. The van der Waals surface area contributed by atoms with Gasteiger partial charge >= 0.3 is 5.97 Å². The lowest BCUT2D eigenvalue weighted by atomic mass is 9.63. The van der Waals surface area contributed by atoms with E-state index in [1.807, 2.05) is 12.1 Å². The topological polar surface area (TPSA) is 37.3 Å². The van der Waals surface area contributed by atoms with Gasteiger partial charge in [0, 0.05) is 9.79 Å². The maximum atomic E-state index is 11.0. The summed E-state index contributed by atoms with van der Waals surface area (Å²) < 4.78 is 0. The monoisotopic (exact) mass is 340 g/mol. The van der Waals surface area contributed by atoms with Gasteiger partial charge in [-0.05, 0) is 65.1 Å². The Bertz CT molecular complexity index is 773. The molecule has 0 unspecified atom stereocenters. The molecule has 0 aromatic heterocycles. The zero-order valence-electron chi connectivity index (χ0n) is 14.7. The van der Waals surface area contributed by atoms with E-state index in [9.17, 15) is 4.79 Å². The van der Waals surface area contributed by atoms with Crippen LogP contribution in [0.1, 0.15) is 62.0 Å². The molecule has 0 saturated heterocycles. The van der Waals surface area contributed by atoms with Gasteiger partial charge in [-0.15, -0.1) is 0 Å². The van der Waals surface area contributed by atoms with Crippen LogP contribution in [0.15, 0.2) is 52.3 Å². The van der Waals surface area contributed by atoms with E-state index in [1.165, 1.54) is 28.9 Å². The molecule has 0 aliphatic heterocycles. The molecule has 2 aromatic carbocycles. The molecular weight excluding hydrogens is 316 g/mol.